The van der Waals surface area contributed by atoms with Crippen LogP contribution in [0.4, 0.5) is 0 Å². The molecule has 0 bridgehead atoms. The fourth-order valence-corrected chi connectivity index (χ4v) is 2.12. The first-order chi connectivity index (χ1) is 6.77. The molecule has 1 saturated carbocycles. The van der Waals surface area contributed by atoms with Crippen molar-refractivity contribution in [3.05, 3.63) is 34.7 Å². The molecule has 1 aliphatic carbocycles. The van der Waals surface area contributed by atoms with Crippen molar-refractivity contribution >= 4 is 17.2 Å². The Kier molecular flexibility index (Phi) is 1.62. The molecule has 2 aromatic rings. The average molecular weight is 207 g/mol. The van der Waals surface area contributed by atoms with Gasteiger partial charge in [0.25, 0.3) is 0 Å². The number of pyridine rings is 1. The summed E-state index contributed by atoms with van der Waals surface area (Å²) in [6.07, 6.45) is 4.58. The molecule has 1 aliphatic rings. The molecular formula is C11H11ClN2. The maximum Gasteiger partial charge on any atom is 0.156 e. The second-order valence-electron chi connectivity index (χ2n) is 3.91. The van der Waals surface area contributed by atoms with Gasteiger partial charge in [-0.1, -0.05) is 11.6 Å². The van der Waals surface area contributed by atoms with Crippen molar-refractivity contribution in [2.75, 3.05) is 0 Å². The highest BCUT2D eigenvalue weighted by atomic mass is 35.5. The first-order valence-electron chi connectivity index (χ1n) is 4.90. The first kappa shape index (κ1) is 8.30. The van der Waals surface area contributed by atoms with Gasteiger partial charge in [0.15, 0.2) is 5.65 Å². The van der Waals surface area contributed by atoms with Crippen molar-refractivity contribution in [3.8, 4) is 0 Å². The zero-order valence-electron chi connectivity index (χ0n) is 8.00. The highest BCUT2D eigenvalue weighted by Crippen LogP contribution is 2.41. The highest BCUT2D eigenvalue weighted by molar-refractivity contribution is 6.33. The molecule has 2 heterocycles. The molecule has 2 aromatic heterocycles. The minimum absolute atomic E-state index is 0.686. The van der Waals surface area contributed by atoms with E-state index in [0.717, 1.165) is 10.7 Å². The molecule has 0 N–H and O–H groups in total. The normalized spacial score (nSPS) is 16.4. The number of fused-ring (bicyclic) bond motifs is 1. The Morgan fingerprint density at radius 1 is 1.50 bits per heavy atom. The SMILES string of the molecule is Cc1c(C2CC2)nc2c(Cl)cccn12. The molecule has 0 radical (unpaired) electrons. The third kappa shape index (κ3) is 1.07. The van der Waals surface area contributed by atoms with Crippen LogP contribution in [0, 0.1) is 6.92 Å². The van der Waals surface area contributed by atoms with Gasteiger partial charge in [0.1, 0.15) is 0 Å². The van der Waals surface area contributed by atoms with Gasteiger partial charge < -0.3 is 4.40 Å². The number of halogens is 1. The monoisotopic (exact) mass is 206 g/mol. The summed E-state index contributed by atoms with van der Waals surface area (Å²) in [4.78, 5) is 4.60. The second kappa shape index (κ2) is 2.74. The molecule has 0 aliphatic heterocycles. The zero-order chi connectivity index (χ0) is 9.71. The van der Waals surface area contributed by atoms with Gasteiger partial charge in [-0.3, -0.25) is 0 Å². The Bertz CT molecular complexity index is 497. The lowest BCUT2D eigenvalue weighted by molar-refractivity contribution is 1.01. The summed E-state index contributed by atoms with van der Waals surface area (Å²) >= 11 is 6.08. The summed E-state index contributed by atoms with van der Waals surface area (Å²) in [5.41, 5.74) is 3.37. The number of imidazole rings is 1. The number of nitrogens with zero attached hydrogens (tertiary/aromatic N) is 2. The first-order valence-corrected chi connectivity index (χ1v) is 5.28. The Labute approximate surface area is 87.5 Å². The number of hydrogen-bond acceptors (Lipinski definition) is 1. The van der Waals surface area contributed by atoms with E-state index in [-0.39, 0.29) is 0 Å². The van der Waals surface area contributed by atoms with E-state index in [4.69, 9.17) is 11.6 Å². The summed E-state index contributed by atoms with van der Waals surface area (Å²) in [6, 6.07) is 3.85. The van der Waals surface area contributed by atoms with E-state index in [0.29, 0.717) is 5.92 Å². The largest absolute Gasteiger partial charge is 0.303 e. The molecular weight excluding hydrogens is 196 g/mol. The van der Waals surface area contributed by atoms with Gasteiger partial charge in [-0.2, -0.15) is 0 Å². The molecule has 14 heavy (non-hydrogen) atoms. The maximum absolute atomic E-state index is 6.08. The molecule has 1 fully saturated rings. The van der Waals surface area contributed by atoms with E-state index in [2.05, 4.69) is 16.3 Å². The molecule has 0 amide bonds. The molecule has 2 nitrogen and oxygen atoms in total. The lowest BCUT2D eigenvalue weighted by Gasteiger charge is -1.96. The van der Waals surface area contributed by atoms with Crippen LogP contribution in [0.3, 0.4) is 0 Å². The quantitative estimate of drug-likeness (QED) is 0.701. The minimum atomic E-state index is 0.686. The molecule has 0 spiro atoms. The third-order valence-corrected chi connectivity index (χ3v) is 3.14. The Balaban J connectivity index is 2.33. The van der Waals surface area contributed by atoms with Crippen LogP contribution in [0.2, 0.25) is 5.02 Å². The summed E-state index contributed by atoms with van der Waals surface area (Å²) in [7, 11) is 0. The van der Waals surface area contributed by atoms with Gasteiger partial charge in [-0.15, -0.1) is 0 Å². The van der Waals surface area contributed by atoms with E-state index in [1.165, 1.54) is 24.2 Å². The number of aromatic nitrogens is 2. The zero-order valence-corrected chi connectivity index (χ0v) is 8.75. The van der Waals surface area contributed by atoms with Crippen LogP contribution in [0.25, 0.3) is 5.65 Å². The number of aryl methyl sites for hydroxylation is 1. The predicted octanol–water partition coefficient (Wildman–Crippen LogP) is 3.17. The van der Waals surface area contributed by atoms with E-state index in [9.17, 15) is 0 Å². The fourth-order valence-electron chi connectivity index (χ4n) is 1.91. The molecule has 0 unspecified atom stereocenters. The summed E-state index contributed by atoms with van der Waals surface area (Å²) in [5, 5.41) is 0.738. The van der Waals surface area contributed by atoms with Crippen LogP contribution >= 0.6 is 11.6 Å². The van der Waals surface area contributed by atoms with Crippen molar-refractivity contribution < 1.29 is 0 Å². The topological polar surface area (TPSA) is 17.3 Å². The second-order valence-corrected chi connectivity index (χ2v) is 4.31. The van der Waals surface area contributed by atoms with E-state index in [1.54, 1.807) is 0 Å². The maximum atomic E-state index is 6.08. The summed E-state index contributed by atoms with van der Waals surface area (Å²) in [6.45, 7) is 2.12. The number of hydrogen-bond donors (Lipinski definition) is 0. The van der Waals surface area contributed by atoms with Crippen LogP contribution in [0.5, 0.6) is 0 Å². The lowest BCUT2D eigenvalue weighted by Crippen LogP contribution is -1.87. The van der Waals surface area contributed by atoms with Crippen molar-refractivity contribution in [2.45, 2.75) is 25.7 Å². The average Bonchev–Trinajstić information content (AvgIpc) is 2.94. The van der Waals surface area contributed by atoms with Gasteiger partial charge in [0, 0.05) is 17.8 Å². The molecule has 0 saturated heterocycles. The molecule has 72 valence electrons. The van der Waals surface area contributed by atoms with E-state index < -0.39 is 0 Å². The Morgan fingerprint density at radius 2 is 2.29 bits per heavy atom. The van der Waals surface area contributed by atoms with Crippen LogP contribution in [0.15, 0.2) is 18.3 Å². The van der Waals surface area contributed by atoms with Gasteiger partial charge in [-0.25, -0.2) is 4.98 Å². The van der Waals surface area contributed by atoms with Crippen LogP contribution in [-0.4, -0.2) is 9.38 Å². The minimum Gasteiger partial charge on any atom is -0.303 e. The van der Waals surface area contributed by atoms with Crippen LogP contribution in [-0.2, 0) is 0 Å². The molecule has 3 rings (SSSR count). The predicted molar refractivity (Wildman–Crippen MR) is 56.9 cm³/mol. The molecule has 3 heteroatoms. The van der Waals surface area contributed by atoms with Crippen molar-refractivity contribution in [1.29, 1.82) is 0 Å². The van der Waals surface area contributed by atoms with Gasteiger partial charge in [0.2, 0.25) is 0 Å². The third-order valence-electron chi connectivity index (χ3n) is 2.84. The summed E-state index contributed by atoms with van der Waals surface area (Å²) < 4.78 is 2.08. The lowest BCUT2D eigenvalue weighted by atomic mass is 10.2. The van der Waals surface area contributed by atoms with Gasteiger partial charge >= 0.3 is 0 Å². The Hall–Kier alpha value is -1.02. The molecule has 0 aromatic carbocycles. The highest BCUT2D eigenvalue weighted by Gasteiger charge is 2.28. The Morgan fingerprint density at radius 3 is 2.93 bits per heavy atom. The van der Waals surface area contributed by atoms with Gasteiger partial charge in [-0.05, 0) is 31.9 Å². The number of rotatable bonds is 1. The summed E-state index contributed by atoms with van der Waals surface area (Å²) in [5.74, 6) is 0.686. The molecule has 0 atom stereocenters. The standard InChI is InChI=1S/C11H11ClN2/c1-7-10(8-4-5-8)13-11-9(12)3-2-6-14(7)11/h2-3,6,8H,4-5H2,1H3. The fraction of sp³-hybridized carbons (Fsp3) is 0.364. The van der Waals surface area contributed by atoms with Crippen molar-refractivity contribution in [3.63, 3.8) is 0 Å². The van der Waals surface area contributed by atoms with Crippen molar-refractivity contribution in [1.82, 2.24) is 9.38 Å². The van der Waals surface area contributed by atoms with Gasteiger partial charge in [0.05, 0.1) is 10.7 Å². The van der Waals surface area contributed by atoms with E-state index >= 15 is 0 Å². The smallest absolute Gasteiger partial charge is 0.156 e. The van der Waals surface area contributed by atoms with Crippen molar-refractivity contribution in [2.24, 2.45) is 0 Å². The van der Waals surface area contributed by atoms with Crippen LogP contribution in [0.1, 0.15) is 30.1 Å². The van der Waals surface area contributed by atoms with E-state index in [1.807, 2.05) is 18.3 Å². The van der Waals surface area contributed by atoms with Crippen LogP contribution < -0.4 is 0 Å².